The van der Waals surface area contributed by atoms with Gasteiger partial charge >= 0.3 is 0 Å². The van der Waals surface area contributed by atoms with E-state index in [4.69, 9.17) is 23.2 Å². The monoisotopic (exact) mass is 331 g/mol. The smallest absolute Gasteiger partial charge is 0.144 e. The van der Waals surface area contributed by atoms with Crippen molar-refractivity contribution in [2.75, 3.05) is 20.6 Å². The van der Waals surface area contributed by atoms with Crippen molar-refractivity contribution in [3.05, 3.63) is 28.8 Å². The van der Waals surface area contributed by atoms with Crippen LogP contribution in [0.25, 0.3) is 11.0 Å². The highest BCUT2D eigenvalue weighted by Crippen LogP contribution is 2.28. The molecule has 0 unspecified atom stereocenters. The standard InChI is InChI=1S/C15H20Cl2FN3/c1-15(2,8-20(3)4)9-21-13-5-10(17)11(18)6-12(13)19-14(21)7-16/h5-6H,7-9H2,1-4H3. The molecule has 0 N–H and O–H groups in total. The number of nitrogens with zero attached hydrogens (tertiary/aromatic N) is 3. The molecular formula is C15H20Cl2FN3. The molecule has 0 saturated heterocycles. The first-order valence-corrected chi connectivity index (χ1v) is 7.69. The summed E-state index contributed by atoms with van der Waals surface area (Å²) in [6.07, 6.45) is 0. The van der Waals surface area contributed by atoms with Gasteiger partial charge in [0.2, 0.25) is 0 Å². The van der Waals surface area contributed by atoms with Gasteiger partial charge in [-0.3, -0.25) is 0 Å². The Balaban J connectivity index is 2.49. The van der Waals surface area contributed by atoms with Crippen molar-refractivity contribution in [3.63, 3.8) is 0 Å². The summed E-state index contributed by atoms with van der Waals surface area (Å²) >= 11 is 11.9. The highest BCUT2D eigenvalue weighted by atomic mass is 35.5. The third-order valence-corrected chi connectivity index (χ3v) is 3.85. The quantitative estimate of drug-likeness (QED) is 0.767. The van der Waals surface area contributed by atoms with Gasteiger partial charge < -0.3 is 9.47 Å². The van der Waals surface area contributed by atoms with Crippen molar-refractivity contribution in [2.45, 2.75) is 26.3 Å². The summed E-state index contributed by atoms with van der Waals surface area (Å²) in [6, 6.07) is 2.99. The van der Waals surface area contributed by atoms with Crippen LogP contribution in [0.4, 0.5) is 4.39 Å². The molecule has 0 amide bonds. The number of rotatable bonds is 5. The summed E-state index contributed by atoms with van der Waals surface area (Å²) in [6.45, 7) is 6.03. The van der Waals surface area contributed by atoms with Crippen molar-refractivity contribution >= 4 is 34.2 Å². The molecule has 3 nitrogen and oxygen atoms in total. The van der Waals surface area contributed by atoms with E-state index in [1.807, 2.05) is 18.7 Å². The first-order chi connectivity index (χ1) is 9.73. The van der Waals surface area contributed by atoms with Gasteiger partial charge in [-0.25, -0.2) is 9.37 Å². The van der Waals surface area contributed by atoms with Gasteiger partial charge in [-0.2, -0.15) is 0 Å². The second-order valence-corrected chi connectivity index (χ2v) is 7.08. The Hall–Kier alpha value is -0.840. The molecule has 2 aromatic rings. The maximum absolute atomic E-state index is 13.6. The molecule has 0 fully saturated rings. The lowest BCUT2D eigenvalue weighted by Gasteiger charge is -2.29. The van der Waals surface area contributed by atoms with Crippen molar-refractivity contribution in [1.82, 2.24) is 14.5 Å². The highest BCUT2D eigenvalue weighted by molar-refractivity contribution is 6.31. The Bertz CT molecular complexity index is 650. The van der Waals surface area contributed by atoms with Crippen LogP contribution in [0.5, 0.6) is 0 Å². The van der Waals surface area contributed by atoms with E-state index >= 15 is 0 Å². The zero-order chi connectivity index (χ0) is 15.8. The van der Waals surface area contributed by atoms with Crippen LogP contribution in [-0.2, 0) is 12.4 Å². The van der Waals surface area contributed by atoms with Crippen molar-refractivity contribution in [1.29, 1.82) is 0 Å². The number of fused-ring (bicyclic) bond motifs is 1. The van der Waals surface area contributed by atoms with Crippen molar-refractivity contribution in [3.8, 4) is 0 Å². The number of alkyl halides is 1. The summed E-state index contributed by atoms with van der Waals surface area (Å²) in [4.78, 5) is 6.56. The fraction of sp³-hybridized carbons (Fsp3) is 0.533. The Morgan fingerprint density at radius 2 is 2.00 bits per heavy atom. The lowest BCUT2D eigenvalue weighted by molar-refractivity contribution is 0.212. The molecule has 0 atom stereocenters. The van der Waals surface area contributed by atoms with Crippen LogP contribution in [0.2, 0.25) is 5.02 Å². The van der Waals surface area contributed by atoms with Crippen molar-refractivity contribution in [2.24, 2.45) is 5.41 Å². The molecule has 0 aliphatic heterocycles. The Kier molecular flexibility index (Phi) is 4.81. The van der Waals surface area contributed by atoms with E-state index in [-0.39, 0.29) is 16.3 Å². The third kappa shape index (κ3) is 3.68. The van der Waals surface area contributed by atoms with Gasteiger partial charge in [0.15, 0.2) is 0 Å². The summed E-state index contributed by atoms with van der Waals surface area (Å²) in [7, 11) is 4.09. The molecule has 1 aromatic carbocycles. The fourth-order valence-corrected chi connectivity index (χ4v) is 3.14. The summed E-state index contributed by atoms with van der Waals surface area (Å²) in [5.74, 6) is 0.564. The predicted octanol–water partition coefficient (Wildman–Crippen LogP) is 4.16. The van der Waals surface area contributed by atoms with E-state index in [2.05, 4.69) is 23.7 Å². The zero-order valence-corrected chi connectivity index (χ0v) is 14.3. The Morgan fingerprint density at radius 3 is 2.57 bits per heavy atom. The predicted molar refractivity (Wildman–Crippen MR) is 86.6 cm³/mol. The largest absolute Gasteiger partial charge is 0.326 e. The van der Waals surface area contributed by atoms with E-state index in [1.165, 1.54) is 6.07 Å². The molecule has 0 aliphatic carbocycles. The average molecular weight is 332 g/mol. The third-order valence-electron chi connectivity index (χ3n) is 3.32. The van der Waals surface area contributed by atoms with E-state index in [0.717, 1.165) is 24.4 Å². The minimum Gasteiger partial charge on any atom is -0.326 e. The number of benzene rings is 1. The summed E-state index contributed by atoms with van der Waals surface area (Å²) in [5.41, 5.74) is 1.44. The number of aromatic nitrogens is 2. The van der Waals surface area contributed by atoms with E-state index in [0.29, 0.717) is 5.52 Å². The maximum atomic E-state index is 13.6. The molecular weight excluding hydrogens is 312 g/mol. The van der Waals surface area contributed by atoms with Crippen LogP contribution in [0.15, 0.2) is 12.1 Å². The number of halogens is 3. The highest BCUT2D eigenvalue weighted by Gasteiger charge is 2.23. The molecule has 1 aromatic heterocycles. The lowest BCUT2D eigenvalue weighted by Crippen LogP contribution is -2.32. The van der Waals surface area contributed by atoms with Gasteiger partial charge in [0.25, 0.3) is 0 Å². The molecule has 1 heterocycles. The van der Waals surface area contributed by atoms with Crippen LogP contribution in [0.1, 0.15) is 19.7 Å². The molecule has 0 spiro atoms. The Morgan fingerprint density at radius 1 is 1.33 bits per heavy atom. The van der Waals surface area contributed by atoms with Crippen LogP contribution in [0, 0.1) is 11.2 Å². The molecule has 116 valence electrons. The van der Waals surface area contributed by atoms with E-state index < -0.39 is 5.82 Å². The topological polar surface area (TPSA) is 21.1 Å². The molecule has 0 radical (unpaired) electrons. The first-order valence-electron chi connectivity index (χ1n) is 6.78. The molecule has 0 bridgehead atoms. The molecule has 0 aliphatic rings. The van der Waals surface area contributed by atoms with Crippen molar-refractivity contribution < 1.29 is 4.39 Å². The molecule has 6 heteroatoms. The van der Waals surface area contributed by atoms with E-state index in [1.54, 1.807) is 6.07 Å². The molecule has 0 saturated carbocycles. The SMILES string of the molecule is CN(C)CC(C)(C)Cn1c(CCl)nc2cc(F)c(Cl)cc21. The molecule has 2 rings (SSSR count). The second-order valence-electron chi connectivity index (χ2n) is 6.40. The maximum Gasteiger partial charge on any atom is 0.144 e. The summed E-state index contributed by atoms with van der Waals surface area (Å²) in [5, 5.41) is 0.107. The van der Waals surface area contributed by atoms with E-state index in [9.17, 15) is 4.39 Å². The van der Waals surface area contributed by atoms with Crippen LogP contribution in [0.3, 0.4) is 0 Å². The lowest BCUT2D eigenvalue weighted by atomic mass is 9.92. The first kappa shape index (κ1) is 16.5. The second kappa shape index (κ2) is 6.11. The van der Waals surface area contributed by atoms with Gasteiger partial charge in [-0.05, 0) is 25.6 Å². The van der Waals surface area contributed by atoms with Gasteiger partial charge in [0.1, 0.15) is 11.6 Å². The minimum atomic E-state index is -0.456. The van der Waals surface area contributed by atoms with Gasteiger partial charge in [-0.15, -0.1) is 11.6 Å². The Labute approximate surface area is 134 Å². The number of hydrogen-bond donors (Lipinski definition) is 0. The molecule has 21 heavy (non-hydrogen) atoms. The van der Waals surface area contributed by atoms with Gasteiger partial charge in [0.05, 0.1) is 21.9 Å². The number of imidazole rings is 1. The summed E-state index contributed by atoms with van der Waals surface area (Å²) < 4.78 is 15.6. The number of hydrogen-bond acceptors (Lipinski definition) is 2. The minimum absolute atomic E-state index is 0.0266. The van der Waals surface area contributed by atoms with Gasteiger partial charge in [-0.1, -0.05) is 25.4 Å². The normalized spacial score (nSPS) is 12.6. The fourth-order valence-electron chi connectivity index (χ4n) is 2.78. The van der Waals surface area contributed by atoms with Gasteiger partial charge in [0, 0.05) is 19.2 Å². The average Bonchev–Trinajstić information content (AvgIpc) is 2.65. The zero-order valence-electron chi connectivity index (χ0n) is 12.8. The van der Waals surface area contributed by atoms with Crippen LogP contribution >= 0.6 is 23.2 Å². The van der Waals surface area contributed by atoms with Crippen LogP contribution < -0.4 is 0 Å². The van der Waals surface area contributed by atoms with Crippen LogP contribution in [-0.4, -0.2) is 35.1 Å².